The van der Waals surface area contributed by atoms with Crippen LogP contribution in [0.25, 0.3) is 0 Å². The number of non-ortho nitro benzene ring substituents is 1. The molecule has 10 heteroatoms. The third-order valence-corrected chi connectivity index (χ3v) is 6.26. The van der Waals surface area contributed by atoms with Gasteiger partial charge in [0.1, 0.15) is 10.6 Å². The summed E-state index contributed by atoms with van der Waals surface area (Å²) in [7, 11) is -2.62. The van der Waals surface area contributed by atoms with Gasteiger partial charge in [0, 0.05) is 18.7 Å². The van der Waals surface area contributed by atoms with Gasteiger partial charge in [0.25, 0.3) is 5.69 Å². The normalized spacial score (nSPS) is 11.3. The highest BCUT2D eigenvalue weighted by Crippen LogP contribution is 2.28. The second-order valence-corrected chi connectivity index (χ2v) is 8.30. The van der Waals surface area contributed by atoms with Crippen molar-refractivity contribution in [1.82, 2.24) is 4.31 Å². The fraction of sp³-hybridized carbons (Fsp3) is 0.316. The Labute approximate surface area is 169 Å². The van der Waals surface area contributed by atoms with Crippen LogP contribution in [0.5, 0.6) is 5.75 Å². The van der Waals surface area contributed by atoms with Crippen molar-refractivity contribution in [3.05, 3.63) is 57.6 Å². The highest BCUT2D eigenvalue weighted by atomic mass is 32.2. The van der Waals surface area contributed by atoms with E-state index in [2.05, 4.69) is 5.32 Å². The SMILES string of the molecule is CCN(CC(=O)Nc1cc([N+](=O)[O-])ccc1C)S(=O)(=O)c1cc(C)ccc1OC. The summed E-state index contributed by atoms with van der Waals surface area (Å²) >= 11 is 0. The number of anilines is 1. The second kappa shape index (κ2) is 9.01. The van der Waals surface area contributed by atoms with E-state index in [0.717, 1.165) is 9.87 Å². The molecule has 29 heavy (non-hydrogen) atoms. The number of carbonyl (C=O) groups excluding carboxylic acids is 1. The smallest absolute Gasteiger partial charge is 0.271 e. The molecular formula is C19H23N3O6S. The van der Waals surface area contributed by atoms with Crippen molar-refractivity contribution in [3.8, 4) is 5.75 Å². The number of amides is 1. The lowest BCUT2D eigenvalue weighted by atomic mass is 10.2. The standard InChI is InChI=1S/C19H23N3O6S/c1-5-21(29(26,27)18-10-13(2)6-9-17(18)28-4)12-19(23)20-16-11-15(22(24)25)8-7-14(16)3/h6-11H,5,12H2,1-4H3,(H,20,23). The first-order chi connectivity index (χ1) is 13.6. The van der Waals surface area contributed by atoms with Gasteiger partial charge in [-0.25, -0.2) is 8.42 Å². The van der Waals surface area contributed by atoms with Crippen LogP contribution in [0.15, 0.2) is 41.3 Å². The lowest BCUT2D eigenvalue weighted by molar-refractivity contribution is -0.384. The molecule has 2 rings (SSSR count). The van der Waals surface area contributed by atoms with Crippen molar-refractivity contribution in [3.63, 3.8) is 0 Å². The summed E-state index contributed by atoms with van der Waals surface area (Å²) in [5, 5.41) is 13.5. The molecule has 0 fully saturated rings. The first-order valence-corrected chi connectivity index (χ1v) is 10.2. The zero-order valence-corrected chi connectivity index (χ0v) is 17.4. The van der Waals surface area contributed by atoms with E-state index in [1.165, 1.54) is 31.4 Å². The molecule has 1 N–H and O–H groups in total. The molecule has 2 aromatic carbocycles. The Kier molecular flexibility index (Phi) is 6.93. The molecule has 0 aliphatic heterocycles. The number of aryl methyl sites for hydroxylation is 2. The van der Waals surface area contributed by atoms with Crippen molar-refractivity contribution in [1.29, 1.82) is 0 Å². The predicted octanol–water partition coefficient (Wildman–Crippen LogP) is 2.87. The van der Waals surface area contributed by atoms with Gasteiger partial charge in [-0.2, -0.15) is 4.31 Å². The van der Waals surface area contributed by atoms with Gasteiger partial charge >= 0.3 is 0 Å². The number of hydrogen-bond donors (Lipinski definition) is 1. The second-order valence-electron chi connectivity index (χ2n) is 6.39. The molecule has 0 spiro atoms. The van der Waals surface area contributed by atoms with Gasteiger partial charge in [0.15, 0.2) is 0 Å². The third kappa shape index (κ3) is 5.09. The largest absolute Gasteiger partial charge is 0.495 e. The Hall–Kier alpha value is -2.98. The number of nitro groups is 1. The van der Waals surface area contributed by atoms with E-state index < -0.39 is 27.4 Å². The molecule has 0 aliphatic carbocycles. The maximum atomic E-state index is 13.1. The summed E-state index contributed by atoms with van der Waals surface area (Å²) in [5.41, 5.74) is 1.44. The van der Waals surface area contributed by atoms with Crippen LogP contribution in [0.3, 0.4) is 0 Å². The van der Waals surface area contributed by atoms with E-state index in [0.29, 0.717) is 5.56 Å². The molecule has 156 valence electrons. The lowest BCUT2D eigenvalue weighted by Gasteiger charge is -2.21. The first kappa shape index (κ1) is 22.3. The van der Waals surface area contributed by atoms with Crippen LogP contribution in [-0.2, 0) is 14.8 Å². The van der Waals surface area contributed by atoms with Gasteiger partial charge in [-0.3, -0.25) is 14.9 Å². The summed E-state index contributed by atoms with van der Waals surface area (Å²) < 4.78 is 32.3. The van der Waals surface area contributed by atoms with Crippen molar-refractivity contribution >= 4 is 27.3 Å². The Morgan fingerprint density at radius 2 is 1.90 bits per heavy atom. The molecule has 0 saturated heterocycles. The monoisotopic (exact) mass is 421 g/mol. The van der Waals surface area contributed by atoms with Gasteiger partial charge in [0.2, 0.25) is 15.9 Å². The summed E-state index contributed by atoms with van der Waals surface area (Å²) in [5.74, 6) is -0.422. The number of nitrogens with one attached hydrogen (secondary N) is 1. The van der Waals surface area contributed by atoms with Gasteiger partial charge in [-0.1, -0.05) is 19.1 Å². The average Bonchev–Trinajstić information content (AvgIpc) is 2.67. The highest BCUT2D eigenvalue weighted by molar-refractivity contribution is 7.89. The molecule has 0 saturated carbocycles. The number of carbonyl (C=O) groups is 1. The summed E-state index contributed by atoms with van der Waals surface area (Å²) in [6.07, 6.45) is 0. The number of hydrogen-bond acceptors (Lipinski definition) is 6. The van der Waals surface area contributed by atoms with Crippen LogP contribution < -0.4 is 10.1 Å². The molecule has 2 aromatic rings. The van der Waals surface area contributed by atoms with Crippen molar-refractivity contribution in [2.24, 2.45) is 0 Å². The van der Waals surface area contributed by atoms with Crippen LogP contribution in [0.1, 0.15) is 18.1 Å². The number of methoxy groups -OCH3 is 1. The van der Waals surface area contributed by atoms with Crippen LogP contribution in [0.4, 0.5) is 11.4 Å². The zero-order valence-electron chi connectivity index (χ0n) is 16.6. The molecule has 1 amide bonds. The fourth-order valence-electron chi connectivity index (χ4n) is 2.70. The van der Waals surface area contributed by atoms with Crippen LogP contribution >= 0.6 is 0 Å². The molecule has 0 bridgehead atoms. The van der Waals surface area contributed by atoms with E-state index in [-0.39, 0.29) is 28.6 Å². The highest BCUT2D eigenvalue weighted by Gasteiger charge is 2.28. The molecular weight excluding hydrogens is 398 g/mol. The number of rotatable bonds is 8. The topological polar surface area (TPSA) is 119 Å². The van der Waals surface area contributed by atoms with Gasteiger partial charge < -0.3 is 10.1 Å². The minimum absolute atomic E-state index is 0.0267. The van der Waals surface area contributed by atoms with E-state index in [1.54, 1.807) is 32.9 Å². The van der Waals surface area contributed by atoms with Crippen LogP contribution in [0.2, 0.25) is 0 Å². The number of nitrogens with zero attached hydrogens (tertiary/aromatic N) is 2. The molecule has 0 radical (unpaired) electrons. The maximum absolute atomic E-state index is 13.1. The Morgan fingerprint density at radius 3 is 2.48 bits per heavy atom. The molecule has 0 heterocycles. The van der Waals surface area contributed by atoms with Crippen molar-refractivity contribution < 1.29 is 22.9 Å². The molecule has 9 nitrogen and oxygen atoms in total. The summed E-state index contributed by atoms with van der Waals surface area (Å²) in [4.78, 5) is 22.8. The Bertz CT molecular complexity index is 1040. The first-order valence-electron chi connectivity index (χ1n) is 8.79. The van der Waals surface area contributed by atoms with Gasteiger partial charge in [-0.15, -0.1) is 0 Å². The number of likely N-dealkylation sites (N-methyl/N-ethyl adjacent to an activating group) is 1. The number of sulfonamides is 1. The van der Waals surface area contributed by atoms with Gasteiger partial charge in [-0.05, 0) is 37.1 Å². The minimum atomic E-state index is -4.00. The quantitative estimate of drug-likeness (QED) is 0.517. The van der Waals surface area contributed by atoms with E-state index in [1.807, 2.05) is 0 Å². The van der Waals surface area contributed by atoms with E-state index >= 15 is 0 Å². The van der Waals surface area contributed by atoms with E-state index in [4.69, 9.17) is 4.74 Å². The van der Waals surface area contributed by atoms with Gasteiger partial charge in [0.05, 0.1) is 24.3 Å². The van der Waals surface area contributed by atoms with Crippen molar-refractivity contribution in [2.75, 3.05) is 25.5 Å². The molecule has 0 atom stereocenters. The van der Waals surface area contributed by atoms with E-state index in [9.17, 15) is 23.3 Å². The summed E-state index contributed by atoms with van der Waals surface area (Å²) in [6, 6.07) is 8.85. The predicted molar refractivity (Wildman–Crippen MR) is 109 cm³/mol. The molecule has 0 aromatic heterocycles. The molecule has 0 aliphatic rings. The third-order valence-electron chi connectivity index (χ3n) is 4.32. The minimum Gasteiger partial charge on any atom is -0.495 e. The zero-order chi connectivity index (χ0) is 21.8. The average molecular weight is 421 g/mol. The Balaban J connectivity index is 2.28. The number of nitro benzene ring substituents is 1. The summed E-state index contributed by atoms with van der Waals surface area (Å²) in [6.45, 7) is 4.67. The van der Waals surface area contributed by atoms with Crippen molar-refractivity contribution in [2.45, 2.75) is 25.7 Å². The molecule has 0 unspecified atom stereocenters. The van der Waals surface area contributed by atoms with Crippen LogP contribution in [-0.4, -0.2) is 43.8 Å². The Morgan fingerprint density at radius 1 is 1.21 bits per heavy atom. The number of ether oxygens (including phenoxy) is 1. The number of benzene rings is 2. The fourth-order valence-corrected chi connectivity index (χ4v) is 4.35. The van der Waals surface area contributed by atoms with Crippen LogP contribution in [0, 0.1) is 24.0 Å². The maximum Gasteiger partial charge on any atom is 0.271 e. The lowest BCUT2D eigenvalue weighted by Crippen LogP contribution is -2.38.